The van der Waals surface area contributed by atoms with Crippen LogP contribution in [0.4, 0.5) is 0 Å². The number of hydrogen-bond acceptors (Lipinski definition) is 2. The van der Waals surface area contributed by atoms with Crippen LogP contribution < -0.4 is 5.32 Å². The molecule has 4 heteroatoms. The van der Waals surface area contributed by atoms with Gasteiger partial charge in [-0.3, -0.25) is 4.79 Å². The van der Waals surface area contributed by atoms with Gasteiger partial charge in [-0.15, -0.1) is 0 Å². The summed E-state index contributed by atoms with van der Waals surface area (Å²) in [5.74, 6) is 1.05. The molecule has 84 valence electrons. The zero-order valence-electron chi connectivity index (χ0n) is 9.63. The average molecular weight is 209 g/mol. The van der Waals surface area contributed by atoms with Crippen LogP contribution in [-0.4, -0.2) is 21.9 Å². The van der Waals surface area contributed by atoms with Crippen LogP contribution in [0.3, 0.4) is 0 Å². The minimum atomic E-state index is 0.126. The van der Waals surface area contributed by atoms with Gasteiger partial charge in [-0.2, -0.15) is 0 Å². The Morgan fingerprint density at radius 1 is 1.60 bits per heavy atom. The van der Waals surface area contributed by atoms with Crippen molar-refractivity contribution in [2.24, 2.45) is 0 Å². The predicted molar refractivity (Wildman–Crippen MR) is 59.5 cm³/mol. The number of carbonyl (C=O) groups is 1. The SMILES string of the molecule is Cc1ncc(CCCC(=O)NC(C)C)[nH]1. The molecule has 0 saturated heterocycles. The third kappa shape index (κ3) is 4.63. The highest BCUT2D eigenvalue weighted by molar-refractivity contribution is 5.76. The van der Waals surface area contributed by atoms with Gasteiger partial charge in [-0.1, -0.05) is 0 Å². The molecule has 0 aliphatic carbocycles. The number of aromatic nitrogens is 2. The molecule has 0 bridgehead atoms. The van der Waals surface area contributed by atoms with Gasteiger partial charge in [-0.25, -0.2) is 4.98 Å². The summed E-state index contributed by atoms with van der Waals surface area (Å²) in [7, 11) is 0. The number of amides is 1. The molecule has 1 heterocycles. The molecule has 0 aliphatic heterocycles. The van der Waals surface area contributed by atoms with Gasteiger partial charge in [0.2, 0.25) is 5.91 Å². The van der Waals surface area contributed by atoms with Crippen molar-refractivity contribution in [1.29, 1.82) is 0 Å². The van der Waals surface area contributed by atoms with Gasteiger partial charge in [0.25, 0.3) is 0 Å². The van der Waals surface area contributed by atoms with Crippen LogP contribution in [0.1, 0.15) is 38.2 Å². The lowest BCUT2D eigenvalue weighted by Crippen LogP contribution is -2.29. The fourth-order valence-corrected chi connectivity index (χ4v) is 1.43. The summed E-state index contributed by atoms with van der Waals surface area (Å²) < 4.78 is 0. The van der Waals surface area contributed by atoms with Crippen molar-refractivity contribution in [2.45, 2.75) is 46.1 Å². The fraction of sp³-hybridized carbons (Fsp3) is 0.636. The van der Waals surface area contributed by atoms with E-state index in [9.17, 15) is 4.79 Å². The van der Waals surface area contributed by atoms with E-state index in [1.807, 2.05) is 27.0 Å². The average Bonchev–Trinajstić information content (AvgIpc) is 2.50. The lowest BCUT2D eigenvalue weighted by molar-refractivity contribution is -0.121. The summed E-state index contributed by atoms with van der Waals surface area (Å²) in [6, 6.07) is 0.229. The first kappa shape index (κ1) is 11.8. The first-order valence-corrected chi connectivity index (χ1v) is 5.38. The Labute approximate surface area is 90.5 Å². The fourth-order valence-electron chi connectivity index (χ4n) is 1.43. The molecule has 15 heavy (non-hydrogen) atoms. The Bertz CT molecular complexity index is 317. The third-order valence-electron chi connectivity index (χ3n) is 2.06. The predicted octanol–water partition coefficient (Wildman–Crippen LogP) is 1.57. The second-order valence-electron chi connectivity index (χ2n) is 4.07. The molecule has 0 atom stereocenters. The molecule has 0 aromatic carbocycles. The summed E-state index contributed by atoms with van der Waals surface area (Å²) in [6.45, 7) is 5.86. The minimum Gasteiger partial charge on any atom is -0.354 e. The number of carbonyl (C=O) groups excluding carboxylic acids is 1. The first-order valence-electron chi connectivity index (χ1n) is 5.38. The van der Waals surface area contributed by atoms with E-state index in [4.69, 9.17) is 0 Å². The number of aromatic amines is 1. The van der Waals surface area contributed by atoms with Crippen LogP contribution in [0, 0.1) is 6.92 Å². The van der Waals surface area contributed by atoms with Gasteiger partial charge >= 0.3 is 0 Å². The number of nitrogens with one attached hydrogen (secondary N) is 2. The van der Waals surface area contributed by atoms with Gasteiger partial charge in [0.15, 0.2) is 0 Å². The molecule has 0 saturated carbocycles. The minimum absolute atomic E-state index is 0.126. The van der Waals surface area contributed by atoms with E-state index in [2.05, 4.69) is 15.3 Å². The number of imidazole rings is 1. The van der Waals surface area contributed by atoms with Crippen molar-refractivity contribution in [3.05, 3.63) is 17.7 Å². The van der Waals surface area contributed by atoms with Gasteiger partial charge in [-0.05, 0) is 33.6 Å². The molecule has 0 radical (unpaired) electrons. The van der Waals surface area contributed by atoms with E-state index in [0.717, 1.165) is 24.4 Å². The topological polar surface area (TPSA) is 57.8 Å². The van der Waals surface area contributed by atoms with E-state index in [-0.39, 0.29) is 11.9 Å². The summed E-state index contributed by atoms with van der Waals surface area (Å²) >= 11 is 0. The molecule has 0 unspecified atom stereocenters. The second-order valence-corrected chi connectivity index (χ2v) is 4.07. The molecule has 1 aromatic rings. The zero-order chi connectivity index (χ0) is 11.3. The van der Waals surface area contributed by atoms with Crippen molar-refractivity contribution >= 4 is 5.91 Å². The number of hydrogen-bond donors (Lipinski definition) is 2. The standard InChI is InChI=1S/C11H19N3O/c1-8(2)13-11(15)6-4-5-10-7-12-9(3)14-10/h7-8H,4-6H2,1-3H3,(H,12,14)(H,13,15). The van der Waals surface area contributed by atoms with Crippen molar-refractivity contribution in [3.8, 4) is 0 Å². The van der Waals surface area contributed by atoms with Crippen LogP contribution in [0.2, 0.25) is 0 Å². The monoisotopic (exact) mass is 209 g/mol. The molecule has 0 aliphatic rings. The third-order valence-corrected chi connectivity index (χ3v) is 2.06. The van der Waals surface area contributed by atoms with Crippen molar-refractivity contribution in [2.75, 3.05) is 0 Å². The van der Waals surface area contributed by atoms with Crippen molar-refractivity contribution in [1.82, 2.24) is 15.3 Å². The van der Waals surface area contributed by atoms with Crippen molar-refractivity contribution < 1.29 is 4.79 Å². The van der Waals surface area contributed by atoms with Crippen LogP contribution in [0.5, 0.6) is 0 Å². The lowest BCUT2D eigenvalue weighted by atomic mass is 10.2. The maximum atomic E-state index is 11.3. The first-order chi connectivity index (χ1) is 7.08. The number of rotatable bonds is 5. The number of nitrogens with zero attached hydrogens (tertiary/aromatic N) is 1. The molecular formula is C11H19N3O. The Balaban J connectivity index is 2.19. The molecular weight excluding hydrogens is 190 g/mol. The van der Waals surface area contributed by atoms with Gasteiger partial charge in [0.1, 0.15) is 5.82 Å². The van der Waals surface area contributed by atoms with E-state index in [1.165, 1.54) is 0 Å². The molecule has 2 N–H and O–H groups in total. The summed E-state index contributed by atoms with van der Waals surface area (Å²) in [5.41, 5.74) is 1.10. The van der Waals surface area contributed by atoms with Gasteiger partial charge in [0, 0.05) is 24.4 Å². The normalized spacial score (nSPS) is 10.7. The van der Waals surface area contributed by atoms with Crippen LogP contribution in [-0.2, 0) is 11.2 Å². The largest absolute Gasteiger partial charge is 0.354 e. The maximum absolute atomic E-state index is 11.3. The van der Waals surface area contributed by atoms with Crippen molar-refractivity contribution in [3.63, 3.8) is 0 Å². The molecule has 1 rings (SSSR count). The summed E-state index contributed by atoms with van der Waals surface area (Å²) in [6.07, 6.45) is 4.15. The molecule has 0 spiro atoms. The zero-order valence-corrected chi connectivity index (χ0v) is 9.63. The molecule has 1 amide bonds. The van der Waals surface area contributed by atoms with Crippen LogP contribution in [0.15, 0.2) is 6.20 Å². The smallest absolute Gasteiger partial charge is 0.220 e. The van der Waals surface area contributed by atoms with Crippen LogP contribution >= 0.6 is 0 Å². The Hall–Kier alpha value is -1.32. The van der Waals surface area contributed by atoms with E-state index >= 15 is 0 Å². The summed E-state index contributed by atoms with van der Waals surface area (Å²) in [4.78, 5) is 18.6. The number of aryl methyl sites for hydroxylation is 2. The molecule has 0 fully saturated rings. The van der Waals surface area contributed by atoms with Crippen LogP contribution in [0.25, 0.3) is 0 Å². The van der Waals surface area contributed by atoms with E-state index < -0.39 is 0 Å². The quantitative estimate of drug-likeness (QED) is 0.773. The lowest BCUT2D eigenvalue weighted by Gasteiger charge is -2.07. The molecule has 4 nitrogen and oxygen atoms in total. The Kier molecular flexibility index (Phi) is 4.34. The van der Waals surface area contributed by atoms with E-state index in [0.29, 0.717) is 6.42 Å². The van der Waals surface area contributed by atoms with Gasteiger partial charge in [0.05, 0.1) is 0 Å². The highest BCUT2D eigenvalue weighted by atomic mass is 16.1. The summed E-state index contributed by atoms with van der Waals surface area (Å²) in [5, 5.41) is 2.87. The highest BCUT2D eigenvalue weighted by Gasteiger charge is 2.03. The second kappa shape index (κ2) is 5.53. The highest BCUT2D eigenvalue weighted by Crippen LogP contribution is 2.02. The molecule has 1 aromatic heterocycles. The van der Waals surface area contributed by atoms with E-state index in [1.54, 1.807) is 0 Å². The number of H-pyrrole nitrogens is 1. The Morgan fingerprint density at radius 3 is 2.87 bits per heavy atom. The van der Waals surface area contributed by atoms with Gasteiger partial charge < -0.3 is 10.3 Å². The maximum Gasteiger partial charge on any atom is 0.220 e. The Morgan fingerprint density at radius 2 is 2.33 bits per heavy atom.